The molecule has 1 atom stereocenters. The smallest absolute Gasteiger partial charge is 0.280 e. The maximum atomic E-state index is 12.2. The van der Waals surface area contributed by atoms with E-state index in [0.717, 1.165) is 31.7 Å². The number of amides is 1. The van der Waals surface area contributed by atoms with E-state index in [4.69, 9.17) is 0 Å². The topological polar surface area (TPSA) is 45.2 Å². The van der Waals surface area contributed by atoms with Crippen molar-refractivity contribution >= 4 is 17.2 Å². The van der Waals surface area contributed by atoms with Gasteiger partial charge in [0.15, 0.2) is 5.01 Å². The minimum absolute atomic E-state index is 0.0264. The van der Waals surface area contributed by atoms with Crippen LogP contribution in [0.5, 0.6) is 0 Å². The lowest BCUT2D eigenvalue weighted by molar-refractivity contribution is 0.0947. The summed E-state index contributed by atoms with van der Waals surface area (Å²) >= 11 is 1.60. The molecule has 1 N–H and O–H groups in total. The Kier molecular flexibility index (Phi) is 4.91. The SMILES string of the molecule is CN1CCC[C@H](CCNC(=O)c2nc3c(s2)CCCC3)C1. The molecule has 2 heterocycles. The van der Waals surface area contributed by atoms with E-state index in [9.17, 15) is 4.79 Å². The Balaban J connectivity index is 1.46. The predicted octanol–water partition coefficient (Wildman–Crippen LogP) is 2.48. The number of rotatable bonds is 4. The maximum absolute atomic E-state index is 12.2. The van der Waals surface area contributed by atoms with Crippen molar-refractivity contribution in [2.24, 2.45) is 5.92 Å². The van der Waals surface area contributed by atoms with Gasteiger partial charge >= 0.3 is 0 Å². The van der Waals surface area contributed by atoms with Crippen molar-refractivity contribution in [3.05, 3.63) is 15.6 Å². The van der Waals surface area contributed by atoms with Crippen LogP contribution in [0.1, 0.15) is 52.5 Å². The zero-order valence-electron chi connectivity index (χ0n) is 12.9. The Morgan fingerprint density at radius 3 is 3.05 bits per heavy atom. The summed E-state index contributed by atoms with van der Waals surface area (Å²) in [4.78, 5) is 20.4. The van der Waals surface area contributed by atoms with Gasteiger partial charge in [0.25, 0.3) is 5.91 Å². The van der Waals surface area contributed by atoms with Crippen molar-refractivity contribution in [1.82, 2.24) is 15.2 Å². The Bertz CT molecular complexity index is 476. The fourth-order valence-corrected chi connectivity index (χ4v) is 4.49. The number of aryl methyl sites for hydroxylation is 2. The van der Waals surface area contributed by atoms with Crippen LogP contribution in [0.15, 0.2) is 0 Å². The molecule has 0 saturated carbocycles. The van der Waals surface area contributed by atoms with Crippen LogP contribution in [-0.4, -0.2) is 42.5 Å². The van der Waals surface area contributed by atoms with Crippen molar-refractivity contribution < 1.29 is 4.79 Å². The van der Waals surface area contributed by atoms with Crippen LogP contribution in [0.4, 0.5) is 0 Å². The highest BCUT2D eigenvalue weighted by Gasteiger charge is 2.20. The summed E-state index contributed by atoms with van der Waals surface area (Å²) in [5.41, 5.74) is 1.17. The van der Waals surface area contributed by atoms with Crippen LogP contribution in [0.25, 0.3) is 0 Å². The summed E-state index contributed by atoms with van der Waals surface area (Å²) in [5.74, 6) is 0.757. The zero-order valence-corrected chi connectivity index (χ0v) is 13.7. The second-order valence-electron chi connectivity index (χ2n) is 6.41. The number of carbonyl (C=O) groups is 1. The number of carbonyl (C=O) groups excluding carboxylic acids is 1. The molecule has 0 aromatic carbocycles. The molecular formula is C16H25N3OS. The van der Waals surface area contributed by atoms with Crippen LogP contribution < -0.4 is 5.32 Å². The summed E-state index contributed by atoms with van der Waals surface area (Å²) in [7, 11) is 2.19. The number of hydrogen-bond acceptors (Lipinski definition) is 4. The lowest BCUT2D eigenvalue weighted by Gasteiger charge is -2.29. The summed E-state index contributed by atoms with van der Waals surface area (Å²) in [5, 5.41) is 3.73. The third-order valence-electron chi connectivity index (χ3n) is 4.60. The van der Waals surface area contributed by atoms with Gasteiger partial charge in [-0.3, -0.25) is 4.79 Å². The van der Waals surface area contributed by atoms with Crippen molar-refractivity contribution in [3.63, 3.8) is 0 Å². The molecule has 1 aliphatic heterocycles. The Hall–Kier alpha value is -0.940. The van der Waals surface area contributed by atoms with Gasteiger partial charge in [0, 0.05) is 18.0 Å². The van der Waals surface area contributed by atoms with E-state index in [0.29, 0.717) is 5.01 Å². The van der Waals surface area contributed by atoms with E-state index < -0.39 is 0 Å². The van der Waals surface area contributed by atoms with Gasteiger partial charge in [-0.15, -0.1) is 11.3 Å². The number of nitrogens with zero attached hydrogens (tertiary/aromatic N) is 2. The molecule has 1 aromatic heterocycles. The largest absolute Gasteiger partial charge is 0.350 e. The van der Waals surface area contributed by atoms with Crippen LogP contribution >= 0.6 is 11.3 Å². The highest BCUT2D eigenvalue weighted by Crippen LogP contribution is 2.26. The van der Waals surface area contributed by atoms with E-state index >= 15 is 0 Å². The van der Waals surface area contributed by atoms with Gasteiger partial charge in [-0.1, -0.05) is 0 Å². The number of likely N-dealkylation sites (tertiary alicyclic amines) is 1. The summed E-state index contributed by atoms with van der Waals surface area (Å²) in [6.07, 6.45) is 8.28. The minimum Gasteiger partial charge on any atom is -0.350 e. The van der Waals surface area contributed by atoms with Crippen LogP contribution in [-0.2, 0) is 12.8 Å². The third kappa shape index (κ3) is 3.83. The molecule has 1 aliphatic carbocycles. The number of aromatic nitrogens is 1. The summed E-state index contributed by atoms with van der Waals surface area (Å²) in [6, 6.07) is 0. The zero-order chi connectivity index (χ0) is 14.7. The first-order chi connectivity index (χ1) is 10.2. The molecule has 0 radical (unpaired) electrons. The Morgan fingerprint density at radius 2 is 2.24 bits per heavy atom. The molecule has 21 heavy (non-hydrogen) atoms. The molecule has 1 aromatic rings. The van der Waals surface area contributed by atoms with Crippen molar-refractivity contribution in [1.29, 1.82) is 0 Å². The molecule has 0 unspecified atom stereocenters. The van der Waals surface area contributed by atoms with E-state index in [1.165, 1.54) is 49.3 Å². The first kappa shape index (κ1) is 15.0. The first-order valence-electron chi connectivity index (χ1n) is 8.17. The molecule has 1 amide bonds. The predicted molar refractivity (Wildman–Crippen MR) is 85.9 cm³/mol. The van der Waals surface area contributed by atoms with Gasteiger partial charge in [-0.2, -0.15) is 0 Å². The van der Waals surface area contributed by atoms with Crippen LogP contribution in [0, 0.1) is 5.92 Å². The molecule has 3 rings (SSSR count). The maximum Gasteiger partial charge on any atom is 0.280 e. The first-order valence-corrected chi connectivity index (χ1v) is 8.99. The van der Waals surface area contributed by atoms with Crippen LogP contribution in [0.2, 0.25) is 0 Å². The molecule has 1 saturated heterocycles. The summed E-state index contributed by atoms with van der Waals surface area (Å²) in [6.45, 7) is 3.16. The van der Waals surface area contributed by atoms with Gasteiger partial charge in [0.1, 0.15) is 0 Å². The monoisotopic (exact) mass is 307 g/mol. The van der Waals surface area contributed by atoms with E-state index in [-0.39, 0.29) is 5.91 Å². The number of thiazole rings is 1. The normalized spacial score (nSPS) is 22.8. The number of nitrogens with one attached hydrogen (secondary N) is 1. The molecule has 0 spiro atoms. The van der Waals surface area contributed by atoms with E-state index in [2.05, 4.69) is 22.2 Å². The second-order valence-corrected chi connectivity index (χ2v) is 7.49. The van der Waals surface area contributed by atoms with Crippen molar-refractivity contribution in [2.45, 2.75) is 44.9 Å². The second kappa shape index (κ2) is 6.88. The van der Waals surface area contributed by atoms with Gasteiger partial charge in [0.05, 0.1) is 5.69 Å². The van der Waals surface area contributed by atoms with Gasteiger partial charge < -0.3 is 10.2 Å². The van der Waals surface area contributed by atoms with Gasteiger partial charge in [0.2, 0.25) is 0 Å². The average molecular weight is 307 g/mol. The van der Waals surface area contributed by atoms with Gasteiger partial charge in [-0.25, -0.2) is 4.98 Å². The third-order valence-corrected chi connectivity index (χ3v) is 5.76. The lowest BCUT2D eigenvalue weighted by Crippen LogP contribution is -2.34. The molecular weight excluding hydrogens is 282 g/mol. The molecule has 5 heteroatoms. The number of fused-ring (bicyclic) bond motifs is 1. The minimum atomic E-state index is 0.0264. The molecule has 2 aliphatic rings. The fourth-order valence-electron chi connectivity index (χ4n) is 3.42. The van der Waals surface area contributed by atoms with Crippen LogP contribution in [0.3, 0.4) is 0 Å². The van der Waals surface area contributed by atoms with Crippen molar-refractivity contribution in [3.8, 4) is 0 Å². The fraction of sp³-hybridized carbons (Fsp3) is 0.750. The number of hydrogen-bond donors (Lipinski definition) is 1. The number of piperidine rings is 1. The van der Waals surface area contributed by atoms with Crippen molar-refractivity contribution in [2.75, 3.05) is 26.7 Å². The lowest BCUT2D eigenvalue weighted by atomic mass is 9.95. The molecule has 4 nitrogen and oxygen atoms in total. The Labute approximate surface area is 130 Å². The highest BCUT2D eigenvalue weighted by atomic mass is 32.1. The standard InChI is InChI=1S/C16H25N3OS/c1-19-10-4-5-12(11-19)8-9-17-15(20)16-18-13-6-2-3-7-14(13)21-16/h12H,2-11H2,1H3,(H,17,20)/t12-/m1/s1. The van der Waals surface area contributed by atoms with Gasteiger partial charge in [-0.05, 0) is 64.5 Å². The molecule has 116 valence electrons. The summed E-state index contributed by atoms with van der Waals surface area (Å²) < 4.78 is 0. The Morgan fingerprint density at radius 1 is 1.38 bits per heavy atom. The average Bonchev–Trinajstić information content (AvgIpc) is 2.91. The van der Waals surface area contributed by atoms with E-state index in [1.807, 2.05) is 0 Å². The molecule has 1 fully saturated rings. The molecule has 0 bridgehead atoms. The van der Waals surface area contributed by atoms with E-state index in [1.54, 1.807) is 11.3 Å². The highest BCUT2D eigenvalue weighted by molar-refractivity contribution is 7.13. The quantitative estimate of drug-likeness (QED) is 0.929.